The number of nitrogens with one attached hydrogen (secondary N) is 4. The van der Waals surface area contributed by atoms with E-state index in [1.165, 1.54) is 7.11 Å². The van der Waals surface area contributed by atoms with Crippen molar-refractivity contribution in [1.29, 1.82) is 0 Å². The standard InChI is InChI=1S/C25H47N6O11/c1-42-25(41)16(10-3-6-12-27)31-22(37)15(9-2-5-11-26)30-21(36)14(28)8-4-7-13-29-23(38)19(34)17(32)18(33)20(35)24(39)40/h14-20,27,32-35H,2-13,26,28H2,1H3,(H,29,38)(H,30,36)(H,31,37)(H,39,40)/p+2/t14-,15+,16?,17+,18-,19-,20+/m1/s1. The number of ether oxygens (including phenoxy) is 1. The second kappa shape index (κ2) is 21.7. The number of carbonyl (C=O) groups excluding carboxylic acids is 4. The van der Waals surface area contributed by atoms with Crippen LogP contribution in [0, 0.1) is 0 Å². The Morgan fingerprint density at radius 2 is 1.31 bits per heavy atom. The van der Waals surface area contributed by atoms with Gasteiger partial charge in [-0.2, -0.15) is 0 Å². The molecule has 0 aliphatic heterocycles. The van der Waals surface area contributed by atoms with Crippen LogP contribution in [0.3, 0.4) is 0 Å². The van der Waals surface area contributed by atoms with E-state index in [0.29, 0.717) is 51.5 Å². The molecule has 0 fully saturated rings. The largest absolute Gasteiger partial charge is 0.479 e. The zero-order valence-corrected chi connectivity index (χ0v) is 24.1. The van der Waals surface area contributed by atoms with E-state index in [4.69, 9.17) is 15.6 Å². The van der Waals surface area contributed by atoms with Crippen LogP contribution < -0.4 is 33.2 Å². The number of aliphatic hydroxyl groups excluding tert-OH is 4. The lowest BCUT2D eigenvalue weighted by Gasteiger charge is -2.24. The van der Waals surface area contributed by atoms with Crippen molar-refractivity contribution >= 4 is 29.7 Å². The van der Waals surface area contributed by atoms with Gasteiger partial charge in [-0.05, 0) is 51.4 Å². The predicted octanol–water partition coefficient (Wildman–Crippen LogP) is -5.58. The van der Waals surface area contributed by atoms with E-state index in [1.807, 2.05) is 0 Å². The van der Waals surface area contributed by atoms with Crippen LogP contribution in [0.5, 0.6) is 0 Å². The quantitative estimate of drug-likeness (QED) is 0.0384. The third-order valence-electron chi connectivity index (χ3n) is 6.52. The normalized spacial score (nSPS) is 16.2. The molecule has 243 valence electrons. The molecule has 7 atom stereocenters. The van der Waals surface area contributed by atoms with Crippen LogP contribution in [0.4, 0.5) is 0 Å². The number of amides is 3. The van der Waals surface area contributed by atoms with Gasteiger partial charge in [0.25, 0.3) is 11.8 Å². The molecule has 1 unspecified atom stereocenters. The summed E-state index contributed by atoms with van der Waals surface area (Å²) in [6.07, 6.45) is -5.05. The van der Waals surface area contributed by atoms with Gasteiger partial charge in [-0.15, -0.1) is 0 Å². The minimum Gasteiger partial charge on any atom is -0.479 e. The SMILES string of the molecule is COC(=O)C(CCCC[NH])NC(=O)[C@H](CCCC[NH3+])NC(=O)[C@H]([NH3+])CCCCNC(=O)[C@H](O)[C@@H](O)[C@@H](O)[C@H](O)C(=O)O. The highest BCUT2D eigenvalue weighted by atomic mass is 16.5. The fourth-order valence-electron chi connectivity index (χ4n) is 3.86. The van der Waals surface area contributed by atoms with Gasteiger partial charge >= 0.3 is 11.9 Å². The molecule has 0 rings (SSSR count). The Balaban J connectivity index is 4.86. The molecule has 3 amide bonds. The molecule has 15 N–H and O–H groups in total. The summed E-state index contributed by atoms with van der Waals surface area (Å²) in [5.74, 6) is -4.57. The first-order valence-corrected chi connectivity index (χ1v) is 14.0. The molecule has 17 heteroatoms. The number of hydrogen-bond donors (Lipinski definition) is 10. The van der Waals surface area contributed by atoms with Gasteiger partial charge in [0, 0.05) is 19.5 Å². The maximum Gasteiger partial charge on any atom is 0.335 e. The van der Waals surface area contributed by atoms with Gasteiger partial charge in [0.1, 0.15) is 24.3 Å². The summed E-state index contributed by atoms with van der Waals surface area (Å²) in [5, 5.41) is 54.6. The molecule has 1 radical (unpaired) electrons. The number of quaternary nitrogens is 2. The minimum absolute atomic E-state index is 0.0136. The van der Waals surface area contributed by atoms with Crippen molar-refractivity contribution in [3.05, 3.63) is 0 Å². The van der Waals surface area contributed by atoms with Gasteiger partial charge in [0.2, 0.25) is 5.91 Å². The molecule has 0 saturated carbocycles. The van der Waals surface area contributed by atoms with Crippen molar-refractivity contribution < 1.29 is 65.7 Å². The second-order valence-electron chi connectivity index (χ2n) is 9.93. The molecular formula is C25H49N6O11+2. The molecule has 0 aromatic heterocycles. The van der Waals surface area contributed by atoms with Gasteiger partial charge in [0.15, 0.2) is 18.2 Å². The summed E-state index contributed by atoms with van der Waals surface area (Å²) in [7, 11) is 1.21. The Morgan fingerprint density at radius 3 is 1.88 bits per heavy atom. The number of hydrogen-bond acceptors (Lipinski definition) is 10. The Labute approximate surface area is 244 Å². The van der Waals surface area contributed by atoms with Crippen molar-refractivity contribution in [3.8, 4) is 0 Å². The molecule has 17 nitrogen and oxygen atoms in total. The van der Waals surface area contributed by atoms with Gasteiger partial charge in [-0.3, -0.25) is 20.1 Å². The maximum absolute atomic E-state index is 13.0. The summed E-state index contributed by atoms with van der Waals surface area (Å²) in [4.78, 5) is 60.6. The Kier molecular flexibility index (Phi) is 20.2. The molecule has 0 saturated heterocycles. The van der Waals surface area contributed by atoms with Crippen LogP contribution in [0.15, 0.2) is 0 Å². The molecule has 42 heavy (non-hydrogen) atoms. The van der Waals surface area contributed by atoms with Crippen LogP contribution in [-0.2, 0) is 28.7 Å². The predicted molar refractivity (Wildman–Crippen MR) is 144 cm³/mol. The topological polar surface area (TPSA) is 311 Å². The van der Waals surface area contributed by atoms with Crippen LogP contribution in [0.2, 0.25) is 0 Å². The highest BCUT2D eigenvalue weighted by Crippen LogP contribution is 2.08. The average Bonchev–Trinajstić information content (AvgIpc) is 2.97. The monoisotopic (exact) mass is 609 g/mol. The highest BCUT2D eigenvalue weighted by Gasteiger charge is 2.37. The van der Waals surface area contributed by atoms with Crippen molar-refractivity contribution in [2.75, 3.05) is 26.7 Å². The summed E-state index contributed by atoms with van der Waals surface area (Å²) in [6, 6.07) is -2.58. The van der Waals surface area contributed by atoms with E-state index in [0.717, 1.165) is 6.42 Å². The number of methoxy groups -OCH3 is 1. The number of rotatable bonds is 23. The summed E-state index contributed by atoms with van der Waals surface area (Å²) in [5.41, 5.74) is 14.8. The molecule has 0 aromatic carbocycles. The van der Waals surface area contributed by atoms with Gasteiger partial charge in [0.05, 0.1) is 13.7 Å². The minimum atomic E-state index is -2.40. The van der Waals surface area contributed by atoms with Crippen molar-refractivity contribution in [1.82, 2.24) is 21.7 Å². The first kappa shape index (κ1) is 39.1. The number of carboxylic acid groups (broad SMARTS) is 1. The van der Waals surface area contributed by atoms with E-state index in [9.17, 15) is 44.4 Å². The van der Waals surface area contributed by atoms with Crippen molar-refractivity contribution in [2.24, 2.45) is 0 Å². The number of carbonyl (C=O) groups is 5. The summed E-state index contributed by atoms with van der Waals surface area (Å²) < 4.78 is 4.77. The molecule has 0 bridgehead atoms. The van der Waals surface area contributed by atoms with E-state index < -0.39 is 72.2 Å². The molecule has 0 aromatic rings. The first-order chi connectivity index (χ1) is 19.8. The van der Waals surface area contributed by atoms with E-state index in [2.05, 4.69) is 27.4 Å². The third kappa shape index (κ3) is 14.8. The van der Waals surface area contributed by atoms with Gasteiger partial charge in [-0.25, -0.2) is 9.59 Å². The lowest BCUT2D eigenvalue weighted by molar-refractivity contribution is -0.405. The van der Waals surface area contributed by atoms with E-state index in [1.54, 1.807) is 0 Å². The second-order valence-corrected chi connectivity index (χ2v) is 9.93. The Hall–Kier alpha value is -2.93. The zero-order valence-electron chi connectivity index (χ0n) is 24.1. The highest BCUT2D eigenvalue weighted by molar-refractivity contribution is 5.91. The fourth-order valence-corrected chi connectivity index (χ4v) is 3.86. The van der Waals surface area contributed by atoms with E-state index in [-0.39, 0.29) is 19.5 Å². The molecule has 0 spiro atoms. The number of aliphatic carboxylic acids is 1. The smallest absolute Gasteiger partial charge is 0.335 e. The van der Waals surface area contributed by atoms with Crippen molar-refractivity contribution in [2.45, 2.75) is 100 Å². The number of unbranched alkanes of at least 4 members (excludes halogenated alkanes) is 3. The maximum atomic E-state index is 13.0. The Morgan fingerprint density at radius 1 is 0.762 bits per heavy atom. The molecule has 0 aliphatic rings. The van der Waals surface area contributed by atoms with Crippen LogP contribution >= 0.6 is 0 Å². The first-order valence-electron chi connectivity index (χ1n) is 14.0. The number of aliphatic hydroxyl groups is 4. The lowest BCUT2D eigenvalue weighted by Crippen LogP contribution is -2.69. The van der Waals surface area contributed by atoms with Crippen LogP contribution in [0.25, 0.3) is 0 Å². The third-order valence-corrected chi connectivity index (χ3v) is 6.52. The average molecular weight is 610 g/mol. The Bertz CT molecular complexity index is 850. The van der Waals surface area contributed by atoms with Crippen LogP contribution in [-0.4, -0.2) is 124 Å². The number of carboxylic acids is 1. The zero-order chi connectivity index (χ0) is 32.2. The fraction of sp³-hybridized carbons (Fsp3) is 0.800. The summed E-state index contributed by atoms with van der Waals surface area (Å²) in [6.45, 7) is 0.854. The molecular weight excluding hydrogens is 560 g/mol. The number of esters is 1. The summed E-state index contributed by atoms with van der Waals surface area (Å²) >= 11 is 0. The lowest BCUT2D eigenvalue weighted by atomic mass is 10.0. The molecule has 0 aliphatic carbocycles. The van der Waals surface area contributed by atoms with Crippen LogP contribution in [0.1, 0.15) is 57.8 Å². The molecule has 0 heterocycles. The van der Waals surface area contributed by atoms with E-state index >= 15 is 0 Å². The van der Waals surface area contributed by atoms with Crippen molar-refractivity contribution in [3.63, 3.8) is 0 Å². The van der Waals surface area contributed by atoms with Gasteiger partial charge in [-0.1, -0.05) is 0 Å². The van der Waals surface area contributed by atoms with Gasteiger partial charge < -0.3 is 57.7 Å².